The zero-order valence-corrected chi connectivity index (χ0v) is 17.8. The number of rotatable bonds is 9. The third-order valence-corrected chi connectivity index (χ3v) is 5.36. The van der Waals surface area contributed by atoms with E-state index in [4.69, 9.17) is 26.1 Å². The van der Waals surface area contributed by atoms with E-state index in [2.05, 4.69) is 10.3 Å². The van der Waals surface area contributed by atoms with Crippen molar-refractivity contribution in [2.45, 2.75) is 5.03 Å². The van der Waals surface area contributed by atoms with Crippen molar-refractivity contribution in [1.82, 2.24) is 15.3 Å². The number of halogens is 1. The average Bonchev–Trinajstić information content (AvgIpc) is 3.17. The second-order valence-corrected chi connectivity index (χ2v) is 7.53. The molecule has 0 aliphatic carbocycles. The van der Waals surface area contributed by atoms with Crippen molar-refractivity contribution in [3.63, 3.8) is 0 Å². The molecule has 2 aromatic carbocycles. The van der Waals surface area contributed by atoms with Gasteiger partial charge in [0.15, 0.2) is 0 Å². The van der Waals surface area contributed by atoms with Gasteiger partial charge < -0.3 is 19.8 Å². The summed E-state index contributed by atoms with van der Waals surface area (Å²) in [5.74, 6) is 1.69. The zero-order valence-electron chi connectivity index (χ0n) is 16.2. The number of aromatic nitrogens is 2. The molecule has 1 heterocycles. The van der Waals surface area contributed by atoms with E-state index < -0.39 is 0 Å². The topological polar surface area (TPSA) is 76.2 Å². The summed E-state index contributed by atoms with van der Waals surface area (Å²) in [4.78, 5) is 20.2. The van der Waals surface area contributed by atoms with Crippen LogP contribution in [0.2, 0.25) is 5.02 Å². The SMILES string of the molecule is COCCNC(=O)CSc1nc(-c2ccc(OC)cc2)[nH]c1-c1ccc(Cl)cc1. The summed E-state index contributed by atoms with van der Waals surface area (Å²) in [6.07, 6.45) is 0. The lowest BCUT2D eigenvalue weighted by molar-refractivity contribution is -0.118. The van der Waals surface area contributed by atoms with Crippen molar-refractivity contribution in [3.05, 3.63) is 53.6 Å². The van der Waals surface area contributed by atoms with Gasteiger partial charge in [0.25, 0.3) is 0 Å². The maximum Gasteiger partial charge on any atom is 0.230 e. The molecule has 8 heteroatoms. The van der Waals surface area contributed by atoms with Crippen LogP contribution in [0.5, 0.6) is 5.75 Å². The van der Waals surface area contributed by atoms with E-state index in [1.807, 2.05) is 48.5 Å². The molecule has 0 unspecified atom stereocenters. The van der Waals surface area contributed by atoms with Crippen LogP contribution in [0.25, 0.3) is 22.6 Å². The molecule has 3 rings (SSSR count). The highest BCUT2D eigenvalue weighted by Gasteiger charge is 2.16. The number of ether oxygens (including phenoxy) is 2. The molecule has 0 aliphatic rings. The lowest BCUT2D eigenvalue weighted by Crippen LogP contribution is -2.28. The van der Waals surface area contributed by atoms with Gasteiger partial charge in [-0.05, 0) is 36.4 Å². The molecule has 3 aromatic rings. The molecule has 2 N–H and O–H groups in total. The lowest BCUT2D eigenvalue weighted by Gasteiger charge is -2.05. The lowest BCUT2D eigenvalue weighted by atomic mass is 10.2. The van der Waals surface area contributed by atoms with Crippen molar-refractivity contribution in [1.29, 1.82) is 0 Å². The summed E-state index contributed by atoms with van der Waals surface area (Å²) in [6, 6.07) is 15.2. The van der Waals surface area contributed by atoms with E-state index >= 15 is 0 Å². The van der Waals surface area contributed by atoms with Crippen molar-refractivity contribution in [3.8, 4) is 28.4 Å². The molecule has 6 nitrogen and oxygen atoms in total. The Morgan fingerprint density at radius 1 is 1.10 bits per heavy atom. The Balaban J connectivity index is 1.84. The Labute approximate surface area is 179 Å². The van der Waals surface area contributed by atoms with Gasteiger partial charge in [-0.25, -0.2) is 4.98 Å². The highest BCUT2D eigenvalue weighted by molar-refractivity contribution is 8.00. The summed E-state index contributed by atoms with van der Waals surface area (Å²) >= 11 is 7.41. The Hall–Kier alpha value is -2.48. The van der Waals surface area contributed by atoms with Gasteiger partial charge in [0.1, 0.15) is 16.6 Å². The normalized spacial score (nSPS) is 10.7. The first kappa shape index (κ1) is 21.2. The number of benzene rings is 2. The molecule has 0 radical (unpaired) electrons. The fourth-order valence-corrected chi connectivity index (χ4v) is 3.60. The van der Waals surface area contributed by atoms with Crippen LogP contribution in [0.15, 0.2) is 53.6 Å². The number of imidazole rings is 1. The Bertz CT molecular complexity index is 943. The predicted octanol–water partition coefficient (Wildman–Crippen LogP) is 4.26. The van der Waals surface area contributed by atoms with E-state index in [9.17, 15) is 4.79 Å². The minimum Gasteiger partial charge on any atom is -0.497 e. The molecule has 0 aliphatic heterocycles. The van der Waals surface area contributed by atoms with E-state index in [1.165, 1.54) is 11.8 Å². The molecule has 1 amide bonds. The molecular formula is C21H22ClN3O3S. The van der Waals surface area contributed by atoms with Crippen LogP contribution in [0.4, 0.5) is 0 Å². The smallest absolute Gasteiger partial charge is 0.230 e. The number of amides is 1. The molecule has 0 atom stereocenters. The summed E-state index contributed by atoms with van der Waals surface area (Å²) in [5.41, 5.74) is 2.73. The standard InChI is InChI=1S/C21H22ClN3O3S/c1-27-12-11-23-18(26)13-29-21-19(14-3-7-16(22)8-4-14)24-20(25-21)15-5-9-17(28-2)10-6-15/h3-10H,11-13H2,1-2H3,(H,23,26)(H,24,25). The third kappa shape index (κ3) is 5.76. The summed E-state index contributed by atoms with van der Waals surface area (Å²) < 4.78 is 10.2. The van der Waals surface area contributed by atoms with Crippen molar-refractivity contribution >= 4 is 29.3 Å². The first-order chi connectivity index (χ1) is 14.1. The molecule has 0 fully saturated rings. The highest BCUT2D eigenvalue weighted by Crippen LogP contribution is 2.33. The van der Waals surface area contributed by atoms with E-state index in [0.717, 1.165) is 33.4 Å². The molecule has 152 valence electrons. The van der Waals surface area contributed by atoms with Crippen molar-refractivity contribution < 1.29 is 14.3 Å². The fraction of sp³-hybridized carbons (Fsp3) is 0.238. The number of methoxy groups -OCH3 is 2. The van der Waals surface area contributed by atoms with Crippen LogP contribution in [0.1, 0.15) is 0 Å². The number of carbonyl (C=O) groups is 1. The van der Waals surface area contributed by atoms with Gasteiger partial charge in [0.2, 0.25) is 5.91 Å². The van der Waals surface area contributed by atoms with Crippen LogP contribution in [0.3, 0.4) is 0 Å². The Morgan fingerprint density at radius 3 is 2.45 bits per heavy atom. The summed E-state index contributed by atoms with van der Waals surface area (Å²) in [5, 5.41) is 4.23. The number of aromatic amines is 1. The average molecular weight is 432 g/mol. The zero-order chi connectivity index (χ0) is 20.6. The maximum absolute atomic E-state index is 12.1. The largest absolute Gasteiger partial charge is 0.497 e. The van der Waals surface area contributed by atoms with Gasteiger partial charge in [-0.15, -0.1) is 0 Å². The molecule has 0 saturated carbocycles. The first-order valence-corrected chi connectivity index (χ1v) is 10.4. The van der Waals surface area contributed by atoms with E-state index in [1.54, 1.807) is 14.2 Å². The number of hydrogen-bond donors (Lipinski definition) is 2. The van der Waals surface area contributed by atoms with Crippen LogP contribution in [-0.4, -0.2) is 49.0 Å². The molecule has 0 bridgehead atoms. The number of carbonyl (C=O) groups excluding carboxylic acids is 1. The second kappa shape index (κ2) is 10.3. The quantitative estimate of drug-likeness (QED) is 0.391. The highest BCUT2D eigenvalue weighted by atomic mass is 35.5. The molecule has 0 saturated heterocycles. The van der Waals surface area contributed by atoms with Crippen molar-refractivity contribution in [2.24, 2.45) is 0 Å². The summed E-state index contributed by atoms with van der Waals surface area (Å²) in [7, 11) is 3.23. The van der Waals surface area contributed by atoms with Crippen LogP contribution < -0.4 is 10.1 Å². The number of hydrogen-bond acceptors (Lipinski definition) is 5. The van der Waals surface area contributed by atoms with E-state index in [-0.39, 0.29) is 11.7 Å². The van der Waals surface area contributed by atoms with E-state index in [0.29, 0.717) is 18.2 Å². The number of nitrogens with zero attached hydrogens (tertiary/aromatic N) is 1. The Morgan fingerprint density at radius 2 is 1.79 bits per heavy atom. The fourth-order valence-electron chi connectivity index (χ4n) is 2.64. The van der Waals surface area contributed by atoms with Gasteiger partial charge in [-0.2, -0.15) is 0 Å². The third-order valence-electron chi connectivity index (χ3n) is 4.14. The Kier molecular flexibility index (Phi) is 7.57. The van der Waals surface area contributed by atoms with Crippen LogP contribution >= 0.6 is 23.4 Å². The monoisotopic (exact) mass is 431 g/mol. The molecular weight excluding hydrogens is 410 g/mol. The first-order valence-electron chi connectivity index (χ1n) is 8.99. The van der Waals surface area contributed by atoms with Crippen LogP contribution in [-0.2, 0) is 9.53 Å². The maximum atomic E-state index is 12.1. The van der Waals surface area contributed by atoms with Crippen LogP contribution in [0, 0.1) is 0 Å². The number of thioether (sulfide) groups is 1. The van der Waals surface area contributed by atoms with Gasteiger partial charge >= 0.3 is 0 Å². The van der Waals surface area contributed by atoms with Gasteiger partial charge in [0.05, 0.1) is 25.2 Å². The molecule has 0 spiro atoms. The van der Waals surface area contributed by atoms with Gasteiger partial charge in [-0.3, -0.25) is 4.79 Å². The predicted molar refractivity (Wildman–Crippen MR) is 117 cm³/mol. The van der Waals surface area contributed by atoms with Crippen molar-refractivity contribution in [2.75, 3.05) is 33.1 Å². The minimum absolute atomic E-state index is 0.0666. The van der Waals surface area contributed by atoms with Gasteiger partial charge in [-0.1, -0.05) is 35.5 Å². The second-order valence-electron chi connectivity index (χ2n) is 6.13. The molecule has 29 heavy (non-hydrogen) atoms. The summed E-state index contributed by atoms with van der Waals surface area (Å²) in [6.45, 7) is 0.966. The van der Waals surface area contributed by atoms with Gasteiger partial charge in [0, 0.05) is 29.8 Å². The number of H-pyrrole nitrogens is 1. The number of nitrogens with one attached hydrogen (secondary N) is 2. The minimum atomic E-state index is -0.0666. The molecule has 1 aromatic heterocycles.